The third kappa shape index (κ3) is 5.25. The van der Waals surface area contributed by atoms with Crippen LogP contribution in [0.25, 0.3) is 0 Å². The molecule has 1 aromatic heterocycles. The minimum atomic E-state index is 0.478. The van der Waals surface area contributed by atoms with Gasteiger partial charge in [0, 0.05) is 11.7 Å². The van der Waals surface area contributed by atoms with Gasteiger partial charge in [-0.1, -0.05) is 48.8 Å². The second kappa shape index (κ2) is 9.09. The van der Waals surface area contributed by atoms with Gasteiger partial charge in [-0.15, -0.1) is 0 Å². The van der Waals surface area contributed by atoms with Crippen LogP contribution in [0.5, 0.6) is 0 Å². The molecule has 0 amide bonds. The van der Waals surface area contributed by atoms with E-state index in [9.17, 15) is 0 Å². The molecule has 138 valence electrons. The van der Waals surface area contributed by atoms with E-state index in [1.54, 1.807) is 11.3 Å². The zero-order valence-electron chi connectivity index (χ0n) is 15.2. The van der Waals surface area contributed by atoms with Crippen LogP contribution >= 0.6 is 23.6 Å². The summed E-state index contributed by atoms with van der Waals surface area (Å²) >= 11 is 6.97. The Morgan fingerprint density at radius 1 is 1.19 bits per heavy atom. The number of nitrogens with zero attached hydrogens (tertiary/aromatic N) is 2. The van der Waals surface area contributed by atoms with E-state index in [2.05, 4.69) is 26.1 Å². The molecular formula is C19H25N5S2. The van der Waals surface area contributed by atoms with E-state index in [0.717, 1.165) is 27.1 Å². The number of hydrogen-bond acceptors (Lipinski definition) is 5. The summed E-state index contributed by atoms with van der Waals surface area (Å²) in [6, 6.07) is 10.5. The van der Waals surface area contributed by atoms with Gasteiger partial charge in [0.25, 0.3) is 0 Å². The lowest BCUT2D eigenvalue weighted by atomic mass is 9.96. The Hall–Kier alpha value is -1.99. The zero-order valence-corrected chi connectivity index (χ0v) is 16.8. The largest absolute Gasteiger partial charge is 0.359 e. The minimum absolute atomic E-state index is 0.478. The van der Waals surface area contributed by atoms with Gasteiger partial charge in [0.1, 0.15) is 0 Å². The van der Waals surface area contributed by atoms with Crippen LogP contribution in [0.1, 0.15) is 49.6 Å². The van der Waals surface area contributed by atoms with Crippen molar-refractivity contribution in [2.45, 2.75) is 52.0 Å². The summed E-state index contributed by atoms with van der Waals surface area (Å²) in [4.78, 5) is 5.65. The number of benzene rings is 1. The Morgan fingerprint density at radius 3 is 2.65 bits per heavy atom. The van der Waals surface area contributed by atoms with Crippen LogP contribution in [-0.2, 0) is 0 Å². The maximum Gasteiger partial charge on any atom is 0.188 e. The second-order valence-corrected chi connectivity index (χ2v) is 7.95. The van der Waals surface area contributed by atoms with Gasteiger partial charge < -0.3 is 10.6 Å². The number of hydrazone groups is 1. The van der Waals surface area contributed by atoms with E-state index in [1.165, 1.54) is 32.1 Å². The van der Waals surface area contributed by atoms with E-state index in [1.807, 2.05) is 44.2 Å². The van der Waals surface area contributed by atoms with Crippen LogP contribution in [0.3, 0.4) is 0 Å². The highest BCUT2D eigenvalue weighted by molar-refractivity contribution is 7.80. The topological polar surface area (TPSA) is 61.3 Å². The highest BCUT2D eigenvalue weighted by atomic mass is 32.1. The lowest BCUT2D eigenvalue weighted by Gasteiger charge is -2.23. The van der Waals surface area contributed by atoms with Gasteiger partial charge in [-0.05, 0) is 51.0 Å². The summed E-state index contributed by atoms with van der Waals surface area (Å²) in [5.41, 5.74) is 5.85. The Kier molecular flexibility index (Phi) is 6.57. The van der Waals surface area contributed by atoms with Crippen molar-refractivity contribution in [3.8, 4) is 0 Å². The van der Waals surface area contributed by atoms with Crippen LogP contribution in [0.4, 0.5) is 10.8 Å². The Labute approximate surface area is 164 Å². The van der Waals surface area contributed by atoms with Gasteiger partial charge in [-0.2, -0.15) is 5.10 Å². The molecule has 3 N–H and O–H groups in total. The van der Waals surface area contributed by atoms with E-state index in [0.29, 0.717) is 11.2 Å². The Balaban J connectivity index is 1.59. The molecule has 0 bridgehead atoms. The summed E-state index contributed by atoms with van der Waals surface area (Å²) < 4.78 is 0. The fraction of sp³-hybridized carbons (Fsp3) is 0.421. The third-order valence-corrected chi connectivity index (χ3v) is 5.81. The normalized spacial score (nSPS) is 15.5. The number of hydrogen-bond donors (Lipinski definition) is 3. The molecular weight excluding hydrogens is 362 g/mol. The molecule has 7 heteroatoms. The molecule has 5 nitrogen and oxygen atoms in total. The standard InChI is InChI=1S/C19H25N5S2/c1-13-17(26-19(20-13)22-16-11-7-4-8-12-16)14(2)23-24-18(25)21-15-9-5-3-6-10-15/h4,7-8,11-12,15H,3,5-6,9-10H2,1-2H3,(H,20,22)(H2,21,24,25)/b23-14-. The first-order valence-electron chi connectivity index (χ1n) is 9.02. The van der Waals surface area contributed by atoms with Crippen LogP contribution < -0.4 is 16.1 Å². The van der Waals surface area contributed by atoms with Crippen LogP contribution in [0.15, 0.2) is 35.4 Å². The molecule has 0 radical (unpaired) electrons. The van der Waals surface area contributed by atoms with Crippen molar-refractivity contribution in [1.29, 1.82) is 0 Å². The van der Waals surface area contributed by atoms with Gasteiger partial charge in [0.05, 0.1) is 16.3 Å². The predicted molar refractivity (Wildman–Crippen MR) is 115 cm³/mol. The van der Waals surface area contributed by atoms with Crippen LogP contribution in [-0.4, -0.2) is 21.8 Å². The van der Waals surface area contributed by atoms with E-state index < -0.39 is 0 Å². The van der Waals surface area contributed by atoms with Gasteiger partial charge in [-0.25, -0.2) is 4.98 Å². The molecule has 1 saturated carbocycles. The van der Waals surface area contributed by atoms with Gasteiger partial charge >= 0.3 is 0 Å². The SMILES string of the molecule is C/C(=N/NC(=S)NC1CCCCC1)c1sc(Nc2ccccc2)nc1C. The molecule has 3 rings (SSSR count). The fourth-order valence-corrected chi connectivity index (χ4v) is 4.22. The van der Waals surface area contributed by atoms with Crippen molar-refractivity contribution in [2.75, 3.05) is 5.32 Å². The molecule has 2 aromatic rings. The number of thiocarbonyl (C=S) groups is 1. The van der Waals surface area contributed by atoms with Crippen LogP contribution in [0.2, 0.25) is 0 Å². The van der Waals surface area contributed by atoms with Crippen molar-refractivity contribution in [2.24, 2.45) is 5.10 Å². The minimum Gasteiger partial charge on any atom is -0.359 e. The number of rotatable bonds is 5. The quantitative estimate of drug-likeness (QED) is 0.394. The molecule has 0 atom stereocenters. The fourth-order valence-electron chi connectivity index (χ4n) is 3.08. The Bertz CT molecular complexity index is 763. The monoisotopic (exact) mass is 387 g/mol. The van der Waals surface area contributed by atoms with Crippen molar-refractivity contribution < 1.29 is 0 Å². The predicted octanol–water partition coefficient (Wildman–Crippen LogP) is 4.72. The summed E-state index contributed by atoms with van der Waals surface area (Å²) in [6.45, 7) is 3.97. The zero-order chi connectivity index (χ0) is 18.4. The van der Waals surface area contributed by atoms with Crippen molar-refractivity contribution in [3.63, 3.8) is 0 Å². The molecule has 1 heterocycles. The molecule has 1 fully saturated rings. The number of aromatic nitrogens is 1. The highest BCUT2D eigenvalue weighted by Crippen LogP contribution is 2.26. The summed E-state index contributed by atoms with van der Waals surface area (Å²) in [5, 5.41) is 12.6. The number of aryl methyl sites for hydroxylation is 1. The Morgan fingerprint density at radius 2 is 1.92 bits per heavy atom. The lowest BCUT2D eigenvalue weighted by Crippen LogP contribution is -2.41. The maximum absolute atomic E-state index is 5.37. The molecule has 26 heavy (non-hydrogen) atoms. The van der Waals surface area contributed by atoms with E-state index in [-0.39, 0.29) is 0 Å². The molecule has 1 aliphatic rings. The molecule has 0 aliphatic heterocycles. The average Bonchev–Trinajstić information content (AvgIpc) is 3.01. The molecule has 0 unspecified atom stereocenters. The molecule has 0 spiro atoms. The first-order valence-corrected chi connectivity index (χ1v) is 10.2. The number of nitrogens with one attached hydrogen (secondary N) is 3. The molecule has 1 aliphatic carbocycles. The smallest absolute Gasteiger partial charge is 0.188 e. The number of thiazole rings is 1. The van der Waals surface area contributed by atoms with Gasteiger partial charge in [0.15, 0.2) is 10.2 Å². The summed E-state index contributed by atoms with van der Waals surface area (Å²) in [6.07, 6.45) is 6.26. The average molecular weight is 388 g/mol. The summed E-state index contributed by atoms with van der Waals surface area (Å²) in [7, 11) is 0. The van der Waals surface area contributed by atoms with Crippen molar-refractivity contribution in [1.82, 2.24) is 15.7 Å². The first-order chi connectivity index (χ1) is 12.6. The van der Waals surface area contributed by atoms with Gasteiger partial charge in [0.2, 0.25) is 0 Å². The lowest BCUT2D eigenvalue weighted by molar-refractivity contribution is 0.412. The second-order valence-electron chi connectivity index (χ2n) is 6.54. The number of para-hydroxylation sites is 1. The van der Waals surface area contributed by atoms with Crippen molar-refractivity contribution >= 4 is 45.2 Å². The summed E-state index contributed by atoms with van der Waals surface area (Å²) in [5.74, 6) is 0. The number of anilines is 2. The third-order valence-electron chi connectivity index (χ3n) is 4.42. The first kappa shape index (κ1) is 18.8. The van der Waals surface area contributed by atoms with Crippen LogP contribution in [0, 0.1) is 6.92 Å². The van der Waals surface area contributed by atoms with Gasteiger partial charge in [-0.3, -0.25) is 5.43 Å². The van der Waals surface area contributed by atoms with E-state index >= 15 is 0 Å². The molecule has 1 aromatic carbocycles. The molecule has 0 saturated heterocycles. The highest BCUT2D eigenvalue weighted by Gasteiger charge is 2.14. The van der Waals surface area contributed by atoms with Crippen molar-refractivity contribution in [3.05, 3.63) is 40.9 Å². The van der Waals surface area contributed by atoms with E-state index in [4.69, 9.17) is 12.2 Å². The maximum atomic E-state index is 5.37.